The second kappa shape index (κ2) is 5.07. The molecule has 1 nitrogen and oxygen atoms in total. The number of rotatable bonds is 3. The van der Waals surface area contributed by atoms with E-state index in [9.17, 15) is 0 Å². The van der Waals surface area contributed by atoms with E-state index in [0.29, 0.717) is 0 Å². The molecule has 0 amide bonds. The summed E-state index contributed by atoms with van der Waals surface area (Å²) >= 11 is 3.35. The Labute approximate surface area is 87.5 Å². The predicted octanol–water partition coefficient (Wildman–Crippen LogP) is 3.41. The zero-order chi connectivity index (χ0) is 9.68. The molecule has 13 heavy (non-hydrogen) atoms. The van der Waals surface area contributed by atoms with E-state index in [0.717, 1.165) is 11.1 Å². The van der Waals surface area contributed by atoms with Gasteiger partial charge in [0, 0.05) is 5.33 Å². The summed E-state index contributed by atoms with van der Waals surface area (Å²) in [5.41, 5.74) is 2.47. The molecule has 0 aliphatic rings. The fourth-order valence-electron chi connectivity index (χ4n) is 1.10. The van der Waals surface area contributed by atoms with E-state index in [4.69, 9.17) is 4.74 Å². The molecule has 0 atom stereocenters. The van der Waals surface area contributed by atoms with Gasteiger partial charge in [-0.1, -0.05) is 34.1 Å². The maximum Gasteiger partial charge on any atom is 0.119 e. The Bertz CT molecular complexity index is 305. The van der Waals surface area contributed by atoms with Crippen molar-refractivity contribution in [1.82, 2.24) is 0 Å². The second-order valence-electron chi connectivity index (χ2n) is 2.78. The van der Waals surface area contributed by atoms with Gasteiger partial charge in [0.25, 0.3) is 0 Å². The quantitative estimate of drug-likeness (QED) is 0.737. The minimum Gasteiger partial charge on any atom is -0.497 e. The third-order valence-corrected chi connectivity index (χ3v) is 2.25. The molecule has 0 aromatic heterocycles. The third-order valence-electron chi connectivity index (χ3n) is 1.87. The van der Waals surface area contributed by atoms with Crippen LogP contribution in [0.4, 0.5) is 0 Å². The summed E-state index contributed by atoms with van der Waals surface area (Å²) in [5, 5.41) is 0.879. The number of methoxy groups -OCH3 is 1. The Morgan fingerprint density at radius 1 is 1.46 bits per heavy atom. The SMILES string of the molecule is COc1ccc(C)c(C=CCBr)c1. The van der Waals surface area contributed by atoms with Gasteiger partial charge in [0.2, 0.25) is 0 Å². The number of alkyl halides is 1. The molecule has 0 aliphatic heterocycles. The summed E-state index contributed by atoms with van der Waals surface area (Å²) in [4.78, 5) is 0. The summed E-state index contributed by atoms with van der Waals surface area (Å²) in [6.07, 6.45) is 4.16. The van der Waals surface area contributed by atoms with Gasteiger partial charge in [0.1, 0.15) is 5.75 Å². The Hall–Kier alpha value is -0.760. The molecular formula is C11H13BrO. The molecule has 0 radical (unpaired) electrons. The fourth-order valence-corrected chi connectivity index (χ4v) is 1.28. The Kier molecular flexibility index (Phi) is 4.03. The van der Waals surface area contributed by atoms with Gasteiger partial charge in [-0.2, -0.15) is 0 Å². The molecule has 0 spiro atoms. The number of hydrogen-bond donors (Lipinski definition) is 0. The highest BCUT2D eigenvalue weighted by molar-refractivity contribution is 9.09. The van der Waals surface area contributed by atoms with Crippen LogP contribution >= 0.6 is 15.9 Å². The lowest BCUT2D eigenvalue weighted by Gasteiger charge is -2.03. The van der Waals surface area contributed by atoms with Crippen LogP contribution in [-0.4, -0.2) is 12.4 Å². The first kappa shape index (κ1) is 10.3. The van der Waals surface area contributed by atoms with Crippen molar-refractivity contribution in [3.63, 3.8) is 0 Å². The number of aryl methyl sites for hydroxylation is 1. The predicted molar refractivity (Wildman–Crippen MR) is 60.6 cm³/mol. The number of hydrogen-bond acceptors (Lipinski definition) is 1. The van der Waals surface area contributed by atoms with E-state index >= 15 is 0 Å². The summed E-state index contributed by atoms with van der Waals surface area (Å²) in [6.45, 7) is 2.09. The minimum absolute atomic E-state index is 0.879. The number of halogens is 1. The van der Waals surface area contributed by atoms with Crippen LogP contribution in [0.5, 0.6) is 5.75 Å². The number of benzene rings is 1. The van der Waals surface area contributed by atoms with Crippen LogP contribution in [-0.2, 0) is 0 Å². The van der Waals surface area contributed by atoms with Crippen LogP contribution in [0.1, 0.15) is 11.1 Å². The van der Waals surface area contributed by atoms with Crippen molar-refractivity contribution < 1.29 is 4.74 Å². The molecule has 0 saturated carbocycles. The van der Waals surface area contributed by atoms with E-state index in [1.54, 1.807) is 7.11 Å². The normalized spacial score (nSPS) is 10.7. The molecule has 1 aromatic rings. The van der Waals surface area contributed by atoms with Crippen molar-refractivity contribution in [3.8, 4) is 5.75 Å². The van der Waals surface area contributed by atoms with Gasteiger partial charge in [0.05, 0.1) is 7.11 Å². The lowest BCUT2D eigenvalue weighted by Crippen LogP contribution is -1.85. The van der Waals surface area contributed by atoms with E-state index in [2.05, 4.69) is 41.1 Å². The maximum atomic E-state index is 5.14. The van der Waals surface area contributed by atoms with Crippen molar-refractivity contribution in [2.75, 3.05) is 12.4 Å². The molecule has 1 rings (SSSR count). The van der Waals surface area contributed by atoms with Crippen LogP contribution in [0.3, 0.4) is 0 Å². The highest BCUT2D eigenvalue weighted by Crippen LogP contribution is 2.18. The number of ether oxygens (including phenoxy) is 1. The first-order chi connectivity index (χ1) is 6.27. The topological polar surface area (TPSA) is 9.23 Å². The first-order valence-corrected chi connectivity index (χ1v) is 5.27. The Balaban J connectivity index is 2.97. The minimum atomic E-state index is 0.879. The summed E-state index contributed by atoms with van der Waals surface area (Å²) < 4.78 is 5.14. The van der Waals surface area contributed by atoms with E-state index in [1.165, 1.54) is 11.1 Å². The summed E-state index contributed by atoms with van der Waals surface area (Å²) in [6, 6.07) is 6.07. The average Bonchev–Trinajstić information content (AvgIpc) is 2.17. The largest absolute Gasteiger partial charge is 0.497 e. The molecule has 2 heteroatoms. The van der Waals surface area contributed by atoms with Crippen LogP contribution in [0.25, 0.3) is 6.08 Å². The average molecular weight is 241 g/mol. The molecular weight excluding hydrogens is 228 g/mol. The van der Waals surface area contributed by atoms with E-state index in [-0.39, 0.29) is 0 Å². The summed E-state index contributed by atoms with van der Waals surface area (Å²) in [7, 11) is 1.68. The monoisotopic (exact) mass is 240 g/mol. The van der Waals surface area contributed by atoms with Crippen molar-refractivity contribution in [2.45, 2.75) is 6.92 Å². The lowest BCUT2D eigenvalue weighted by atomic mass is 10.1. The molecule has 0 N–H and O–H groups in total. The molecule has 0 heterocycles. The van der Waals surface area contributed by atoms with Gasteiger partial charge < -0.3 is 4.74 Å². The third kappa shape index (κ3) is 2.88. The fraction of sp³-hybridized carbons (Fsp3) is 0.273. The van der Waals surface area contributed by atoms with Crippen molar-refractivity contribution >= 4 is 22.0 Å². The maximum absolute atomic E-state index is 5.14. The Morgan fingerprint density at radius 2 is 2.23 bits per heavy atom. The van der Waals surface area contributed by atoms with Gasteiger partial charge in [-0.05, 0) is 30.2 Å². The van der Waals surface area contributed by atoms with Gasteiger partial charge in [-0.25, -0.2) is 0 Å². The zero-order valence-corrected chi connectivity index (χ0v) is 9.47. The second-order valence-corrected chi connectivity index (χ2v) is 3.43. The van der Waals surface area contributed by atoms with Crippen LogP contribution in [0.2, 0.25) is 0 Å². The van der Waals surface area contributed by atoms with Gasteiger partial charge in [-0.15, -0.1) is 0 Å². The smallest absolute Gasteiger partial charge is 0.119 e. The molecule has 0 saturated heterocycles. The van der Waals surface area contributed by atoms with E-state index in [1.807, 2.05) is 12.1 Å². The van der Waals surface area contributed by atoms with Crippen LogP contribution in [0.15, 0.2) is 24.3 Å². The molecule has 1 aromatic carbocycles. The molecule has 0 bridgehead atoms. The van der Waals surface area contributed by atoms with Crippen LogP contribution < -0.4 is 4.74 Å². The van der Waals surface area contributed by atoms with Crippen molar-refractivity contribution in [3.05, 3.63) is 35.4 Å². The first-order valence-electron chi connectivity index (χ1n) is 4.15. The van der Waals surface area contributed by atoms with Crippen LogP contribution in [0, 0.1) is 6.92 Å². The van der Waals surface area contributed by atoms with Crippen molar-refractivity contribution in [2.24, 2.45) is 0 Å². The molecule has 70 valence electrons. The van der Waals surface area contributed by atoms with Crippen molar-refractivity contribution in [1.29, 1.82) is 0 Å². The lowest BCUT2D eigenvalue weighted by molar-refractivity contribution is 0.414. The molecule has 0 fully saturated rings. The standard InChI is InChI=1S/C11H13BrO/c1-9-5-6-11(13-2)8-10(9)4-3-7-12/h3-6,8H,7H2,1-2H3. The summed E-state index contributed by atoms with van der Waals surface area (Å²) in [5.74, 6) is 0.903. The molecule has 0 aliphatic carbocycles. The molecule has 0 unspecified atom stereocenters. The van der Waals surface area contributed by atoms with Gasteiger partial charge in [-0.3, -0.25) is 0 Å². The van der Waals surface area contributed by atoms with Gasteiger partial charge in [0.15, 0.2) is 0 Å². The Morgan fingerprint density at radius 3 is 2.85 bits per heavy atom. The highest BCUT2D eigenvalue weighted by Gasteiger charge is 1.96. The van der Waals surface area contributed by atoms with Gasteiger partial charge >= 0.3 is 0 Å². The zero-order valence-electron chi connectivity index (χ0n) is 7.88. The van der Waals surface area contributed by atoms with E-state index < -0.39 is 0 Å². The number of allylic oxidation sites excluding steroid dienone is 1. The highest BCUT2D eigenvalue weighted by atomic mass is 79.9.